The first kappa shape index (κ1) is 35.6. The fourth-order valence-electron chi connectivity index (χ4n) is 5.23. The van der Waals surface area contributed by atoms with E-state index in [-0.39, 0.29) is 33.5 Å². The number of esters is 1. The lowest BCUT2D eigenvalue weighted by Crippen LogP contribution is -2.43. The SMILES string of the molecule is COC(=O)[C@H](Cc1ccc(-c2ccccc2Oc2ccccc2)cc1)NC(=O)c1cc(Cl)ccc1NS(=O)(=O)c1ccc(Oc2ccccc2)nc1. The Bertz CT molecular complexity index is 2270. The smallest absolute Gasteiger partial charge is 0.328 e. The number of benzene rings is 5. The Balaban J connectivity index is 1.17. The van der Waals surface area contributed by atoms with Crippen molar-refractivity contribution in [3.63, 3.8) is 0 Å². The van der Waals surface area contributed by atoms with E-state index in [1.165, 1.54) is 37.4 Å². The van der Waals surface area contributed by atoms with Gasteiger partial charge >= 0.3 is 5.97 Å². The minimum atomic E-state index is -4.21. The quantitative estimate of drug-likeness (QED) is 0.113. The molecule has 6 rings (SSSR count). The van der Waals surface area contributed by atoms with Gasteiger partial charge in [-0.25, -0.2) is 18.2 Å². The average molecular weight is 734 g/mol. The highest BCUT2D eigenvalue weighted by Crippen LogP contribution is 2.33. The summed E-state index contributed by atoms with van der Waals surface area (Å²) in [6, 6.07) is 39.3. The highest BCUT2D eigenvalue weighted by Gasteiger charge is 2.26. The molecule has 0 spiro atoms. The zero-order valence-corrected chi connectivity index (χ0v) is 29.3. The second kappa shape index (κ2) is 16.2. The molecule has 0 aliphatic rings. The molecule has 0 aliphatic heterocycles. The lowest BCUT2D eigenvalue weighted by Gasteiger charge is -2.19. The molecule has 10 nitrogen and oxygen atoms in total. The summed E-state index contributed by atoms with van der Waals surface area (Å²) in [5, 5.41) is 2.86. The van der Waals surface area contributed by atoms with Crippen LogP contribution in [0.25, 0.3) is 11.1 Å². The molecule has 0 saturated heterocycles. The fraction of sp³-hybridized carbons (Fsp3) is 0.0750. The van der Waals surface area contributed by atoms with Gasteiger partial charge in [-0.3, -0.25) is 9.52 Å². The van der Waals surface area contributed by atoms with E-state index in [9.17, 15) is 18.0 Å². The van der Waals surface area contributed by atoms with Crippen LogP contribution in [0, 0.1) is 0 Å². The molecule has 1 amide bonds. The van der Waals surface area contributed by atoms with E-state index >= 15 is 0 Å². The second-order valence-electron chi connectivity index (χ2n) is 11.4. The Kier molecular flexibility index (Phi) is 11.1. The summed E-state index contributed by atoms with van der Waals surface area (Å²) in [4.78, 5) is 30.5. The Morgan fingerprint density at radius 1 is 0.769 bits per heavy atom. The Labute approximate surface area is 306 Å². The van der Waals surface area contributed by atoms with Gasteiger partial charge in [0.2, 0.25) is 5.88 Å². The Morgan fingerprint density at radius 3 is 2.08 bits per heavy atom. The van der Waals surface area contributed by atoms with Crippen molar-refractivity contribution in [1.82, 2.24) is 10.3 Å². The predicted octanol–water partition coefficient (Wildman–Crippen LogP) is 8.30. The third-order valence-corrected chi connectivity index (χ3v) is 9.40. The zero-order valence-electron chi connectivity index (χ0n) is 27.7. The van der Waals surface area contributed by atoms with Gasteiger partial charge in [0.05, 0.1) is 24.6 Å². The number of ether oxygens (including phenoxy) is 3. The van der Waals surface area contributed by atoms with Crippen molar-refractivity contribution in [2.24, 2.45) is 0 Å². The van der Waals surface area contributed by atoms with Crippen molar-refractivity contribution >= 4 is 39.2 Å². The molecule has 0 saturated carbocycles. The van der Waals surface area contributed by atoms with E-state index in [4.69, 9.17) is 25.8 Å². The third kappa shape index (κ3) is 8.94. The minimum absolute atomic E-state index is 0.0594. The monoisotopic (exact) mass is 733 g/mol. The van der Waals surface area contributed by atoms with E-state index in [1.807, 2.05) is 84.9 Å². The molecule has 2 N–H and O–H groups in total. The largest absolute Gasteiger partial charge is 0.467 e. The van der Waals surface area contributed by atoms with Crippen LogP contribution in [-0.2, 0) is 26.0 Å². The lowest BCUT2D eigenvalue weighted by molar-refractivity contribution is -0.142. The first-order chi connectivity index (χ1) is 25.2. The van der Waals surface area contributed by atoms with E-state index in [0.717, 1.165) is 22.9 Å². The van der Waals surface area contributed by atoms with Crippen molar-refractivity contribution in [2.45, 2.75) is 17.4 Å². The summed E-state index contributed by atoms with van der Waals surface area (Å²) in [5.41, 5.74) is 2.33. The summed E-state index contributed by atoms with van der Waals surface area (Å²) in [6.45, 7) is 0. The Hall–Kier alpha value is -6.17. The number of hydrogen-bond donors (Lipinski definition) is 2. The maximum absolute atomic E-state index is 13.7. The van der Waals surface area contributed by atoms with Gasteiger partial charge in [0.1, 0.15) is 28.2 Å². The fourth-order valence-corrected chi connectivity index (χ4v) is 6.43. The van der Waals surface area contributed by atoms with Crippen molar-refractivity contribution < 1.29 is 32.2 Å². The van der Waals surface area contributed by atoms with Crippen LogP contribution in [0.2, 0.25) is 5.02 Å². The van der Waals surface area contributed by atoms with Crippen molar-refractivity contribution in [1.29, 1.82) is 0 Å². The number of hydrogen-bond acceptors (Lipinski definition) is 8. The van der Waals surface area contributed by atoms with Gasteiger partial charge in [-0.2, -0.15) is 0 Å². The van der Waals surface area contributed by atoms with Gasteiger partial charge in [-0.05, 0) is 65.7 Å². The van der Waals surface area contributed by atoms with Crippen LogP contribution < -0.4 is 19.5 Å². The number of nitrogens with one attached hydrogen (secondary N) is 2. The molecule has 0 aliphatic carbocycles. The summed E-state index contributed by atoms with van der Waals surface area (Å²) >= 11 is 6.23. The number of pyridine rings is 1. The lowest BCUT2D eigenvalue weighted by atomic mass is 9.99. The van der Waals surface area contributed by atoms with Gasteiger partial charge in [-0.15, -0.1) is 0 Å². The van der Waals surface area contributed by atoms with E-state index in [1.54, 1.807) is 24.3 Å². The van der Waals surface area contributed by atoms with Crippen molar-refractivity contribution in [3.8, 4) is 34.3 Å². The second-order valence-corrected chi connectivity index (χ2v) is 13.5. The molecule has 0 bridgehead atoms. The zero-order chi connectivity index (χ0) is 36.5. The first-order valence-corrected chi connectivity index (χ1v) is 17.9. The molecule has 52 heavy (non-hydrogen) atoms. The summed E-state index contributed by atoms with van der Waals surface area (Å²) in [5.74, 6) is 0.690. The number of amides is 1. The maximum Gasteiger partial charge on any atom is 0.328 e. The number of nitrogens with zero attached hydrogens (tertiary/aromatic N) is 1. The molecule has 0 radical (unpaired) electrons. The van der Waals surface area contributed by atoms with Crippen LogP contribution in [0.15, 0.2) is 151 Å². The molecule has 0 unspecified atom stereocenters. The molecular weight excluding hydrogens is 702 g/mol. The number of anilines is 1. The molecule has 262 valence electrons. The third-order valence-electron chi connectivity index (χ3n) is 7.81. The van der Waals surface area contributed by atoms with Crippen LogP contribution >= 0.6 is 11.6 Å². The predicted molar refractivity (Wildman–Crippen MR) is 198 cm³/mol. The number of methoxy groups -OCH3 is 1. The van der Waals surface area contributed by atoms with Crippen molar-refractivity contribution in [2.75, 3.05) is 11.8 Å². The van der Waals surface area contributed by atoms with E-state index in [2.05, 4.69) is 15.0 Å². The van der Waals surface area contributed by atoms with Crippen LogP contribution in [0.5, 0.6) is 23.1 Å². The number of aromatic nitrogens is 1. The molecule has 12 heteroatoms. The van der Waals surface area contributed by atoms with Crippen LogP contribution in [-0.4, -0.2) is 38.4 Å². The molecule has 1 aromatic heterocycles. The summed E-state index contributed by atoms with van der Waals surface area (Å²) in [7, 11) is -2.99. The van der Waals surface area contributed by atoms with Crippen LogP contribution in [0.3, 0.4) is 0 Å². The van der Waals surface area contributed by atoms with E-state index in [0.29, 0.717) is 17.2 Å². The van der Waals surface area contributed by atoms with E-state index < -0.39 is 27.9 Å². The highest BCUT2D eigenvalue weighted by atomic mass is 35.5. The number of carbonyl (C=O) groups excluding carboxylic acids is 2. The first-order valence-electron chi connectivity index (χ1n) is 16.0. The van der Waals surface area contributed by atoms with Gasteiger partial charge in [0.25, 0.3) is 15.9 Å². The van der Waals surface area contributed by atoms with Crippen LogP contribution in [0.1, 0.15) is 15.9 Å². The standard InChI is InChI=1S/C40H32ClN3O7S/c1-49-40(46)36(24-27-16-18-28(19-17-27)33-14-8-9-15-37(33)50-30-10-4-2-5-11-30)43-39(45)34-25-29(41)20-22-35(34)44-52(47,48)32-21-23-38(42-26-32)51-31-12-6-3-7-13-31/h2-23,25-26,36,44H,24H2,1H3,(H,43,45)/t36-/m0/s1. The molecular formula is C40H32ClN3O7S. The molecule has 6 aromatic rings. The Morgan fingerprint density at radius 2 is 1.42 bits per heavy atom. The summed E-state index contributed by atoms with van der Waals surface area (Å²) < 4.78 is 45.9. The number of para-hydroxylation sites is 3. The number of rotatable bonds is 13. The average Bonchev–Trinajstić information content (AvgIpc) is 3.16. The normalized spacial score (nSPS) is 11.6. The van der Waals surface area contributed by atoms with Gasteiger partial charge < -0.3 is 19.5 Å². The number of sulfonamides is 1. The number of halogens is 1. The van der Waals surface area contributed by atoms with Crippen LogP contribution in [0.4, 0.5) is 5.69 Å². The van der Waals surface area contributed by atoms with Gasteiger partial charge in [0.15, 0.2) is 0 Å². The topological polar surface area (TPSA) is 133 Å². The molecule has 5 aromatic carbocycles. The maximum atomic E-state index is 13.7. The van der Waals surface area contributed by atoms with Gasteiger partial charge in [-0.1, -0.05) is 90.5 Å². The molecule has 1 heterocycles. The molecule has 0 fully saturated rings. The minimum Gasteiger partial charge on any atom is -0.467 e. The van der Waals surface area contributed by atoms with Crippen molar-refractivity contribution in [3.05, 3.63) is 162 Å². The highest BCUT2D eigenvalue weighted by molar-refractivity contribution is 7.92. The number of carbonyl (C=O) groups is 2. The van der Waals surface area contributed by atoms with Gasteiger partial charge in [0, 0.05) is 23.1 Å². The summed E-state index contributed by atoms with van der Waals surface area (Å²) in [6.07, 6.45) is 1.23. The molecule has 1 atom stereocenters.